The average molecular weight is 326 g/mol. The molecule has 0 aromatic heterocycles. The van der Waals surface area contributed by atoms with Crippen LogP contribution in [0, 0.1) is 0 Å². The zero-order chi connectivity index (χ0) is 17.1. The molecule has 22 heavy (non-hydrogen) atoms. The van der Waals surface area contributed by atoms with Crippen molar-refractivity contribution in [1.29, 1.82) is 0 Å². The van der Waals surface area contributed by atoms with E-state index in [-0.39, 0.29) is 0 Å². The van der Waals surface area contributed by atoms with Crippen molar-refractivity contribution in [3.8, 4) is 0 Å². The highest BCUT2D eigenvalue weighted by Crippen LogP contribution is 2.32. The molecule has 1 aromatic rings. The largest absolute Gasteiger partial charge is 0.503 e. The second-order valence-electron chi connectivity index (χ2n) is 4.00. The van der Waals surface area contributed by atoms with Crippen LogP contribution in [-0.2, 0) is 11.0 Å². The summed E-state index contributed by atoms with van der Waals surface area (Å²) in [6, 6.07) is 3.28. The lowest BCUT2D eigenvalue weighted by Crippen LogP contribution is -2.16. The Labute approximate surface area is 119 Å². The number of nitrogens with zero attached hydrogens (tertiary/aromatic N) is 2. The molecule has 0 heterocycles. The number of carbonyl (C=O) groups is 1. The third kappa shape index (κ3) is 4.57. The van der Waals surface area contributed by atoms with E-state index in [4.69, 9.17) is 5.11 Å². The lowest BCUT2D eigenvalue weighted by molar-refractivity contribution is -0.137. The van der Waals surface area contributed by atoms with Gasteiger partial charge in [-0.05, 0) is 18.2 Å². The van der Waals surface area contributed by atoms with Crippen LogP contribution in [0.3, 0.4) is 0 Å². The van der Waals surface area contributed by atoms with Crippen LogP contribution < -0.4 is 0 Å². The van der Waals surface area contributed by atoms with Gasteiger partial charge in [-0.2, -0.15) is 31.5 Å². The van der Waals surface area contributed by atoms with Crippen molar-refractivity contribution in [2.45, 2.75) is 19.3 Å². The van der Waals surface area contributed by atoms with Gasteiger partial charge in [0.25, 0.3) is 0 Å². The third-order valence-corrected chi connectivity index (χ3v) is 2.27. The van der Waals surface area contributed by atoms with Crippen LogP contribution in [0.15, 0.2) is 46.0 Å². The van der Waals surface area contributed by atoms with E-state index in [2.05, 4.69) is 10.2 Å². The molecule has 120 valence electrons. The second-order valence-corrected chi connectivity index (χ2v) is 4.00. The van der Waals surface area contributed by atoms with Crippen LogP contribution >= 0.6 is 0 Å². The van der Waals surface area contributed by atoms with E-state index in [1.54, 1.807) is 0 Å². The monoisotopic (exact) mass is 326 g/mol. The van der Waals surface area contributed by atoms with Gasteiger partial charge in [0.15, 0.2) is 11.5 Å². The predicted octanol–water partition coefficient (Wildman–Crippen LogP) is 4.71. The summed E-state index contributed by atoms with van der Waals surface area (Å²) in [7, 11) is 0. The van der Waals surface area contributed by atoms with E-state index < -0.39 is 40.8 Å². The smallest absolute Gasteiger partial charge is 0.451 e. The molecular formula is C12H8F6N2O2. The molecule has 0 unspecified atom stereocenters. The first-order valence-corrected chi connectivity index (χ1v) is 5.53. The highest BCUT2D eigenvalue weighted by atomic mass is 19.4. The van der Waals surface area contributed by atoms with Crippen molar-refractivity contribution < 1.29 is 36.2 Å². The molecule has 0 saturated carbocycles. The SMILES string of the molecule is CC(=O)/C(N=Nc1cccc(C(F)(F)F)c1)=C(/O)C(F)(F)F. The molecule has 10 heteroatoms. The van der Waals surface area contributed by atoms with Crippen LogP contribution in [0.4, 0.5) is 32.0 Å². The summed E-state index contributed by atoms with van der Waals surface area (Å²) in [5, 5.41) is 14.9. The number of halogens is 6. The number of rotatable bonds is 3. The number of benzene rings is 1. The minimum atomic E-state index is -5.23. The topological polar surface area (TPSA) is 62.0 Å². The lowest BCUT2D eigenvalue weighted by Gasteiger charge is -2.07. The molecule has 0 atom stereocenters. The maximum absolute atomic E-state index is 12.5. The first-order chi connectivity index (χ1) is 9.93. The number of Topliss-reactive ketones (excluding diaryl/α,β-unsaturated/α-hetero) is 1. The van der Waals surface area contributed by atoms with Gasteiger partial charge in [0.1, 0.15) is 0 Å². The summed E-state index contributed by atoms with van der Waals surface area (Å²) >= 11 is 0. The number of hydrogen-bond acceptors (Lipinski definition) is 4. The first-order valence-electron chi connectivity index (χ1n) is 5.53. The summed E-state index contributed by atoms with van der Waals surface area (Å²) in [5.41, 5.74) is -2.91. The second kappa shape index (κ2) is 6.16. The van der Waals surface area contributed by atoms with Crippen LogP contribution in [0.2, 0.25) is 0 Å². The van der Waals surface area contributed by atoms with Crippen molar-refractivity contribution in [3.05, 3.63) is 41.3 Å². The zero-order valence-corrected chi connectivity index (χ0v) is 10.8. The molecule has 0 amide bonds. The molecule has 0 radical (unpaired) electrons. The van der Waals surface area contributed by atoms with Crippen molar-refractivity contribution in [2.24, 2.45) is 10.2 Å². The zero-order valence-electron chi connectivity index (χ0n) is 10.8. The summed E-state index contributed by atoms with van der Waals surface area (Å²) in [4.78, 5) is 11.0. The number of azo groups is 1. The Hall–Kier alpha value is -2.39. The summed E-state index contributed by atoms with van der Waals surface area (Å²) in [6.07, 6.45) is -9.90. The van der Waals surface area contributed by atoms with Gasteiger partial charge in [-0.15, -0.1) is 5.11 Å². The van der Waals surface area contributed by atoms with Gasteiger partial charge in [0.05, 0.1) is 11.3 Å². The molecule has 0 aliphatic carbocycles. The first kappa shape index (κ1) is 17.7. The molecule has 1 aromatic carbocycles. The maximum Gasteiger partial charge on any atom is 0.451 e. The number of allylic oxidation sites excluding steroid dienone is 2. The number of alkyl halides is 6. The highest BCUT2D eigenvalue weighted by molar-refractivity contribution is 5.93. The van der Waals surface area contributed by atoms with E-state index in [0.717, 1.165) is 18.2 Å². The maximum atomic E-state index is 12.5. The fraction of sp³-hybridized carbons (Fsp3) is 0.250. The minimum Gasteiger partial charge on any atom is -0.503 e. The van der Waals surface area contributed by atoms with Crippen molar-refractivity contribution in [2.75, 3.05) is 0 Å². The van der Waals surface area contributed by atoms with Crippen molar-refractivity contribution >= 4 is 11.5 Å². The van der Waals surface area contributed by atoms with Gasteiger partial charge >= 0.3 is 12.4 Å². The van der Waals surface area contributed by atoms with E-state index in [1.165, 1.54) is 0 Å². The molecule has 0 saturated heterocycles. The van der Waals surface area contributed by atoms with Gasteiger partial charge in [-0.25, -0.2) is 0 Å². The van der Waals surface area contributed by atoms with Crippen molar-refractivity contribution in [1.82, 2.24) is 0 Å². The normalized spacial score (nSPS) is 14.1. The number of aliphatic hydroxyl groups excluding tert-OH is 1. The molecule has 0 bridgehead atoms. The Morgan fingerprint density at radius 1 is 1.14 bits per heavy atom. The number of ketones is 1. The van der Waals surface area contributed by atoms with Gasteiger partial charge in [-0.3, -0.25) is 4.79 Å². The van der Waals surface area contributed by atoms with Gasteiger partial charge in [0, 0.05) is 6.92 Å². The third-order valence-electron chi connectivity index (χ3n) is 2.27. The van der Waals surface area contributed by atoms with Crippen LogP contribution in [0.5, 0.6) is 0 Å². The minimum absolute atomic E-state index is 0.427. The Morgan fingerprint density at radius 3 is 2.18 bits per heavy atom. The van der Waals surface area contributed by atoms with Crippen LogP contribution in [0.25, 0.3) is 0 Å². The number of aliphatic hydroxyl groups is 1. The fourth-order valence-electron chi connectivity index (χ4n) is 1.27. The molecular weight excluding hydrogens is 318 g/mol. The Bertz CT molecular complexity index is 631. The number of hydrogen-bond donors (Lipinski definition) is 1. The molecule has 0 aliphatic heterocycles. The Kier molecular flexibility index (Phi) is 4.94. The lowest BCUT2D eigenvalue weighted by atomic mass is 10.2. The van der Waals surface area contributed by atoms with E-state index >= 15 is 0 Å². The van der Waals surface area contributed by atoms with Crippen LogP contribution in [0.1, 0.15) is 12.5 Å². The Balaban J connectivity index is 3.22. The molecule has 0 spiro atoms. The van der Waals surface area contributed by atoms with Gasteiger partial charge in [-0.1, -0.05) is 6.07 Å². The summed E-state index contributed by atoms with van der Waals surface area (Å²) in [5.74, 6) is -3.51. The average Bonchev–Trinajstić information content (AvgIpc) is 2.36. The van der Waals surface area contributed by atoms with E-state index in [1.807, 2.05) is 0 Å². The number of carbonyl (C=O) groups excluding carboxylic acids is 1. The van der Waals surface area contributed by atoms with E-state index in [0.29, 0.717) is 13.0 Å². The molecule has 1 N–H and O–H groups in total. The Morgan fingerprint density at radius 2 is 1.73 bits per heavy atom. The standard InChI is InChI=1S/C12H8F6N2O2/c1-6(21)9(10(22)12(16,17)18)20-19-8-4-2-3-7(5-8)11(13,14)15/h2-5,22H,1H3/b10-9-,20-19?. The quantitative estimate of drug-likeness (QED) is 0.378. The van der Waals surface area contributed by atoms with Gasteiger partial charge < -0.3 is 5.11 Å². The predicted molar refractivity (Wildman–Crippen MR) is 62.4 cm³/mol. The summed E-state index contributed by atoms with van der Waals surface area (Å²) < 4.78 is 74.3. The summed E-state index contributed by atoms with van der Waals surface area (Å²) in [6.45, 7) is 0.697. The fourth-order valence-corrected chi connectivity index (χ4v) is 1.27. The molecule has 0 aliphatic rings. The van der Waals surface area contributed by atoms with Gasteiger partial charge in [0.2, 0.25) is 5.76 Å². The molecule has 1 rings (SSSR count). The van der Waals surface area contributed by atoms with E-state index in [9.17, 15) is 31.1 Å². The highest BCUT2D eigenvalue weighted by Gasteiger charge is 2.38. The van der Waals surface area contributed by atoms with Crippen LogP contribution in [-0.4, -0.2) is 17.1 Å². The van der Waals surface area contributed by atoms with Crippen molar-refractivity contribution in [3.63, 3.8) is 0 Å². The molecule has 4 nitrogen and oxygen atoms in total. The molecule has 0 fully saturated rings.